The summed E-state index contributed by atoms with van der Waals surface area (Å²) in [6, 6.07) is 3.38. The number of aliphatic imine (C=N–C) groups is 1. The monoisotopic (exact) mass is 423 g/mol. The first-order valence-electron chi connectivity index (χ1n) is 8.77. The summed E-state index contributed by atoms with van der Waals surface area (Å²) in [5.74, 6) is 0.985. The number of aromatic nitrogens is 1. The van der Waals surface area contributed by atoms with Crippen LogP contribution in [-0.2, 0) is 16.6 Å². The van der Waals surface area contributed by atoms with Crippen LogP contribution in [-0.4, -0.2) is 62.0 Å². The number of ether oxygens (including phenoxy) is 1. The highest BCUT2D eigenvalue weighted by atomic mass is 32.2. The van der Waals surface area contributed by atoms with Gasteiger partial charge in [-0.2, -0.15) is 17.5 Å². The molecule has 2 heterocycles. The molecule has 0 radical (unpaired) electrons. The lowest BCUT2D eigenvalue weighted by Gasteiger charge is -2.32. The van der Waals surface area contributed by atoms with E-state index in [1.54, 1.807) is 18.3 Å². The van der Waals surface area contributed by atoms with Gasteiger partial charge in [0.1, 0.15) is 0 Å². The summed E-state index contributed by atoms with van der Waals surface area (Å²) < 4.78 is 66.5. The Morgan fingerprint density at radius 3 is 2.64 bits per heavy atom. The third-order valence-corrected chi connectivity index (χ3v) is 5.83. The topological polar surface area (TPSA) is 95.9 Å². The van der Waals surface area contributed by atoms with E-state index in [0.717, 1.165) is 5.56 Å². The van der Waals surface area contributed by atoms with Crippen molar-refractivity contribution >= 4 is 16.0 Å². The van der Waals surface area contributed by atoms with Crippen LogP contribution >= 0.6 is 0 Å². The van der Waals surface area contributed by atoms with Gasteiger partial charge in [0, 0.05) is 37.9 Å². The van der Waals surface area contributed by atoms with E-state index in [1.807, 2.05) is 6.92 Å². The smallest absolute Gasteiger partial charge is 0.481 e. The van der Waals surface area contributed by atoms with Crippen LogP contribution in [0.15, 0.2) is 23.3 Å². The summed E-state index contributed by atoms with van der Waals surface area (Å²) in [5.41, 5.74) is -4.38. The summed E-state index contributed by atoms with van der Waals surface area (Å²) in [6.07, 6.45) is 2.12. The number of sulfonamides is 1. The van der Waals surface area contributed by atoms with E-state index in [-0.39, 0.29) is 32.0 Å². The van der Waals surface area contributed by atoms with Gasteiger partial charge in [0.15, 0.2) is 5.96 Å². The summed E-state index contributed by atoms with van der Waals surface area (Å²) in [5, 5.41) is 6.23. The molecule has 1 aromatic rings. The van der Waals surface area contributed by atoms with Crippen molar-refractivity contribution < 1.29 is 26.3 Å². The first-order valence-corrected chi connectivity index (χ1v) is 10.2. The van der Waals surface area contributed by atoms with Gasteiger partial charge in [-0.1, -0.05) is 0 Å². The molecule has 1 aromatic heterocycles. The summed E-state index contributed by atoms with van der Waals surface area (Å²) in [6.45, 7) is 2.47. The molecule has 0 unspecified atom stereocenters. The first-order chi connectivity index (χ1) is 13.2. The van der Waals surface area contributed by atoms with Gasteiger partial charge in [0.2, 0.25) is 5.88 Å². The molecule has 1 aliphatic rings. The Balaban J connectivity index is 1.96. The standard InChI is InChI=1S/C16H24F3N5O3S/c1-3-20-15(22-11-12-4-7-21-14(10-12)27-2)23-13-5-8-24(9-6-13)28(25,26)16(17,18)19/h4,7,10,13H,3,5-6,8-9,11H2,1-2H3,(H2,20,22,23). The maximum absolute atomic E-state index is 12.7. The molecule has 1 fully saturated rings. The van der Waals surface area contributed by atoms with Crippen molar-refractivity contribution in [3.05, 3.63) is 23.9 Å². The Kier molecular flexibility index (Phi) is 7.47. The first kappa shape index (κ1) is 22.2. The maximum Gasteiger partial charge on any atom is 0.511 e. The van der Waals surface area contributed by atoms with Crippen molar-refractivity contribution in [3.8, 4) is 5.88 Å². The summed E-state index contributed by atoms with van der Waals surface area (Å²) >= 11 is 0. The maximum atomic E-state index is 12.7. The molecule has 0 aromatic carbocycles. The number of pyridine rings is 1. The van der Waals surface area contributed by atoms with Crippen molar-refractivity contribution in [1.82, 2.24) is 19.9 Å². The molecule has 0 saturated carbocycles. The average molecular weight is 423 g/mol. The fraction of sp³-hybridized carbons (Fsp3) is 0.625. The normalized spacial score (nSPS) is 17.4. The lowest BCUT2D eigenvalue weighted by molar-refractivity contribution is -0.0494. The number of piperidine rings is 1. The molecule has 1 saturated heterocycles. The largest absolute Gasteiger partial charge is 0.511 e. The highest BCUT2D eigenvalue weighted by Gasteiger charge is 2.50. The number of hydrogen-bond acceptors (Lipinski definition) is 5. The zero-order valence-corrected chi connectivity index (χ0v) is 16.5. The molecule has 2 rings (SSSR count). The summed E-state index contributed by atoms with van der Waals surface area (Å²) in [4.78, 5) is 8.48. The van der Waals surface area contributed by atoms with Crippen LogP contribution < -0.4 is 15.4 Å². The lowest BCUT2D eigenvalue weighted by atomic mass is 10.1. The van der Waals surface area contributed by atoms with Crippen LogP contribution in [0.25, 0.3) is 0 Å². The van der Waals surface area contributed by atoms with Crippen molar-refractivity contribution in [2.75, 3.05) is 26.7 Å². The van der Waals surface area contributed by atoms with E-state index in [9.17, 15) is 21.6 Å². The number of rotatable bonds is 6. The Morgan fingerprint density at radius 1 is 1.39 bits per heavy atom. The van der Waals surface area contributed by atoms with Gasteiger partial charge < -0.3 is 15.4 Å². The van der Waals surface area contributed by atoms with Crippen LogP contribution in [0.1, 0.15) is 25.3 Å². The van der Waals surface area contributed by atoms with Gasteiger partial charge in [0.25, 0.3) is 0 Å². The molecular formula is C16H24F3N5O3S. The van der Waals surface area contributed by atoms with Crippen LogP contribution in [0.5, 0.6) is 5.88 Å². The Labute approximate surface area is 162 Å². The second kappa shape index (κ2) is 9.41. The number of nitrogens with one attached hydrogen (secondary N) is 2. The molecule has 0 spiro atoms. The lowest BCUT2D eigenvalue weighted by Crippen LogP contribution is -2.51. The van der Waals surface area contributed by atoms with E-state index in [2.05, 4.69) is 20.6 Å². The van der Waals surface area contributed by atoms with E-state index < -0.39 is 15.5 Å². The second-order valence-corrected chi connectivity index (χ2v) is 8.10. The van der Waals surface area contributed by atoms with Gasteiger partial charge in [-0.15, -0.1) is 0 Å². The Morgan fingerprint density at radius 2 is 2.07 bits per heavy atom. The van der Waals surface area contributed by atoms with Crippen molar-refractivity contribution in [3.63, 3.8) is 0 Å². The van der Waals surface area contributed by atoms with Gasteiger partial charge in [-0.05, 0) is 31.4 Å². The molecule has 0 aliphatic carbocycles. The zero-order chi connectivity index (χ0) is 20.8. The molecule has 0 atom stereocenters. The minimum Gasteiger partial charge on any atom is -0.481 e. The highest BCUT2D eigenvalue weighted by molar-refractivity contribution is 7.90. The van der Waals surface area contributed by atoms with Crippen molar-refractivity contribution in [2.24, 2.45) is 4.99 Å². The van der Waals surface area contributed by atoms with Crippen LogP contribution in [0.2, 0.25) is 0 Å². The quantitative estimate of drug-likeness (QED) is 0.531. The predicted molar refractivity (Wildman–Crippen MR) is 98.3 cm³/mol. The van der Waals surface area contributed by atoms with Crippen LogP contribution in [0.3, 0.4) is 0 Å². The molecule has 0 bridgehead atoms. The van der Waals surface area contributed by atoms with E-state index in [0.29, 0.717) is 29.2 Å². The number of halogens is 3. The zero-order valence-electron chi connectivity index (χ0n) is 15.7. The minimum atomic E-state index is -5.27. The number of guanidine groups is 1. The van der Waals surface area contributed by atoms with Crippen LogP contribution in [0.4, 0.5) is 13.2 Å². The van der Waals surface area contributed by atoms with Gasteiger partial charge in [0.05, 0.1) is 13.7 Å². The highest BCUT2D eigenvalue weighted by Crippen LogP contribution is 2.28. The van der Waals surface area contributed by atoms with E-state index in [1.165, 1.54) is 7.11 Å². The summed E-state index contributed by atoms with van der Waals surface area (Å²) in [7, 11) is -3.75. The van der Waals surface area contributed by atoms with Crippen molar-refractivity contribution in [1.29, 1.82) is 0 Å². The van der Waals surface area contributed by atoms with Crippen LogP contribution in [0, 0.1) is 0 Å². The minimum absolute atomic E-state index is 0.176. The third-order valence-electron chi connectivity index (χ3n) is 4.20. The third kappa shape index (κ3) is 5.71. The SMILES string of the molecule is CCNC(=NCc1ccnc(OC)c1)NC1CCN(S(=O)(=O)C(F)(F)F)CC1. The number of methoxy groups -OCH3 is 1. The number of hydrogen-bond donors (Lipinski definition) is 2. The molecular weight excluding hydrogens is 399 g/mol. The average Bonchev–Trinajstić information content (AvgIpc) is 2.66. The molecule has 8 nitrogen and oxygen atoms in total. The fourth-order valence-corrected chi connectivity index (χ4v) is 3.72. The van der Waals surface area contributed by atoms with Crippen molar-refractivity contribution in [2.45, 2.75) is 37.9 Å². The molecule has 1 aliphatic heterocycles. The number of alkyl halides is 3. The Bertz CT molecular complexity index is 778. The Hall–Kier alpha value is -2.08. The van der Waals surface area contributed by atoms with E-state index in [4.69, 9.17) is 4.74 Å². The molecule has 158 valence electrons. The van der Waals surface area contributed by atoms with Gasteiger partial charge in [-0.3, -0.25) is 0 Å². The number of nitrogens with zero attached hydrogens (tertiary/aromatic N) is 3. The molecule has 0 amide bonds. The molecule has 28 heavy (non-hydrogen) atoms. The molecule has 2 N–H and O–H groups in total. The van der Waals surface area contributed by atoms with Gasteiger partial charge >= 0.3 is 15.5 Å². The fourth-order valence-electron chi connectivity index (χ4n) is 2.73. The van der Waals surface area contributed by atoms with E-state index >= 15 is 0 Å². The molecule has 12 heteroatoms. The second-order valence-electron chi connectivity index (χ2n) is 6.17. The van der Waals surface area contributed by atoms with Gasteiger partial charge in [-0.25, -0.2) is 18.4 Å². The predicted octanol–water partition coefficient (Wildman–Crippen LogP) is 1.46.